The fourth-order valence-electron chi connectivity index (χ4n) is 5.88. The van der Waals surface area contributed by atoms with Crippen molar-refractivity contribution < 1.29 is 24.2 Å². The highest BCUT2D eigenvalue weighted by molar-refractivity contribution is 6.00. The van der Waals surface area contributed by atoms with Gasteiger partial charge in [0, 0.05) is 43.1 Å². The molecule has 6 rings (SSSR count). The van der Waals surface area contributed by atoms with Gasteiger partial charge in [-0.1, -0.05) is 18.2 Å². The minimum atomic E-state index is -0.778. The van der Waals surface area contributed by atoms with Gasteiger partial charge in [0.05, 0.1) is 30.5 Å². The molecule has 0 spiro atoms. The number of para-hydroxylation sites is 1. The quantitative estimate of drug-likeness (QED) is 0.346. The highest BCUT2D eigenvalue weighted by Gasteiger charge is 2.34. The molecule has 0 bridgehead atoms. The lowest BCUT2D eigenvalue weighted by molar-refractivity contribution is 0.0210. The SMILES string of the molecule is COc1cc(C(=O)N2CCC(O)C(NC(=O)OC(C)(C)C)C2)cc2nc(-c3cc4ccccc4n3CC3CC3)n(C)c12. The molecule has 1 aliphatic heterocycles. The molecule has 2 unspecified atom stereocenters. The predicted molar refractivity (Wildman–Crippen MR) is 161 cm³/mol. The predicted octanol–water partition coefficient (Wildman–Crippen LogP) is 4.71. The second-order valence-electron chi connectivity index (χ2n) is 12.5. The lowest BCUT2D eigenvalue weighted by Gasteiger charge is -2.36. The number of benzene rings is 2. The molecule has 222 valence electrons. The molecular weight excluding hydrogens is 534 g/mol. The number of fused-ring (bicyclic) bond motifs is 2. The zero-order valence-electron chi connectivity index (χ0n) is 24.9. The number of hydrogen-bond donors (Lipinski definition) is 2. The summed E-state index contributed by atoms with van der Waals surface area (Å²) >= 11 is 0. The molecule has 42 heavy (non-hydrogen) atoms. The first-order valence-electron chi connectivity index (χ1n) is 14.6. The molecule has 0 radical (unpaired) electrons. The molecule has 2 atom stereocenters. The molecule has 2 N–H and O–H groups in total. The van der Waals surface area contributed by atoms with Crippen LogP contribution in [-0.4, -0.2) is 74.1 Å². The van der Waals surface area contributed by atoms with E-state index in [1.807, 2.05) is 11.6 Å². The number of aromatic nitrogens is 3. The van der Waals surface area contributed by atoms with Crippen molar-refractivity contribution in [2.24, 2.45) is 13.0 Å². The van der Waals surface area contributed by atoms with Crippen LogP contribution >= 0.6 is 0 Å². The Morgan fingerprint density at radius 3 is 2.60 bits per heavy atom. The fraction of sp³-hybridized carbons (Fsp3) is 0.469. The van der Waals surface area contributed by atoms with E-state index in [0.29, 0.717) is 35.7 Å². The Morgan fingerprint density at radius 1 is 1.12 bits per heavy atom. The molecule has 2 aliphatic rings. The van der Waals surface area contributed by atoms with E-state index in [-0.39, 0.29) is 12.5 Å². The Hall–Kier alpha value is -4.05. The summed E-state index contributed by atoms with van der Waals surface area (Å²) in [6.45, 7) is 6.80. The molecular formula is C32H39N5O5. The average molecular weight is 574 g/mol. The van der Waals surface area contributed by atoms with Crippen LogP contribution in [0.15, 0.2) is 42.5 Å². The number of aliphatic hydroxyl groups excluding tert-OH is 1. The molecule has 4 aromatic rings. The lowest BCUT2D eigenvalue weighted by Crippen LogP contribution is -2.57. The van der Waals surface area contributed by atoms with Gasteiger partial charge >= 0.3 is 6.09 Å². The van der Waals surface area contributed by atoms with Crippen LogP contribution in [0.5, 0.6) is 5.75 Å². The fourth-order valence-corrected chi connectivity index (χ4v) is 5.88. The number of aryl methyl sites for hydroxylation is 1. The number of methoxy groups -OCH3 is 1. The molecule has 3 heterocycles. The maximum Gasteiger partial charge on any atom is 0.408 e. The van der Waals surface area contributed by atoms with E-state index >= 15 is 0 Å². The number of carbonyl (C=O) groups excluding carboxylic acids is 2. The maximum atomic E-state index is 13.7. The van der Waals surface area contributed by atoms with Crippen LogP contribution in [0, 0.1) is 5.92 Å². The van der Waals surface area contributed by atoms with Gasteiger partial charge < -0.3 is 33.9 Å². The minimum absolute atomic E-state index is 0.161. The average Bonchev–Trinajstić information content (AvgIpc) is 3.61. The van der Waals surface area contributed by atoms with Crippen molar-refractivity contribution in [1.29, 1.82) is 0 Å². The summed E-state index contributed by atoms with van der Waals surface area (Å²) in [5.41, 5.74) is 3.48. The van der Waals surface area contributed by atoms with Crippen LogP contribution in [0.3, 0.4) is 0 Å². The number of alkyl carbamates (subject to hydrolysis) is 1. The third-order valence-corrected chi connectivity index (χ3v) is 8.14. The highest BCUT2D eigenvalue weighted by Crippen LogP contribution is 2.38. The third kappa shape index (κ3) is 5.43. The number of likely N-dealkylation sites (tertiary alicyclic amines) is 1. The number of hydrogen-bond acceptors (Lipinski definition) is 6. The number of imidazole rings is 1. The minimum Gasteiger partial charge on any atom is -0.494 e. The number of amides is 2. The van der Waals surface area contributed by atoms with E-state index in [1.54, 1.807) is 44.9 Å². The number of nitrogens with one attached hydrogen (secondary N) is 1. The van der Waals surface area contributed by atoms with Gasteiger partial charge in [0.1, 0.15) is 16.9 Å². The summed E-state index contributed by atoms with van der Waals surface area (Å²) in [5.74, 6) is 1.84. The van der Waals surface area contributed by atoms with E-state index in [1.165, 1.54) is 23.7 Å². The van der Waals surface area contributed by atoms with Gasteiger partial charge in [-0.2, -0.15) is 0 Å². The van der Waals surface area contributed by atoms with Crippen LogP contribution in [0.1, 0.15) is 50.4 Å². The van der Waals surface area contributed by atoms with Crippen molar-refractivity contribution in [2.75, 3.05) is 20.2 Å². The summed E-state index contributed by atoms with van der Waals surface area (Å²) in [6.07, 6.45) is 1.43. The van der Waals surface area contributed by atoms with Gasteiger partial charge in [0.2, 0.25) is 0 Å². The van der Waals surface area contributed by atoms with Crippen LogP contribution < -0.4 is 10.1 Å². The number of carbonyl (C=O) groups is 2. The van der Waals surface area contributed by atoms with Crippen molar-refractivity contribution >= 4 is 33.9 Å². The van der Waals surface area contributed by atoms with Crippen molar-refractivity contribution in [2.45, 2.75) is 64.3 Å². The van der Waals surface area contributed by atoms with Crippen molar-refractivity contribution in [3.63, 3.8) is 0 Å². The van der Waals surface area contributed by atoms with E-state index in [0.717, 1.165) is 23.6 Å². The molecule has 10 nitrogen and oxygen atoms in total. The summed E-state index contributed by atoms with van der Waals surface area (Å²) in [4.78, 5) is 32.8. The van der Waals surface area contributed by atoms with Crippen LogP contribution in [-0.2, 0) is 18.3 Å². The first-order chi connectivity index (χ1) is 20.0. The van der Waals surface area contributed by atoms with E-state index in [4.69, 9.17) is 14.5 Å². The smallest absolute Gasteiger partial charge is 0.408 e. The summed E-state index contributed by atoms with van der Waals surface area (Å²) in [7, 11) is 3.57. The Kier molecular flexibility index (Phi) is 7.12. The number of aliphatic hydroxyl groups is 1. The van der Waals surface area contributed by atoms with Crippen molar-refractivity contribution in [3.05, 3.63) is 48.0 Å². The van der Waals surface area contributed by atoms with Gasteiger partial charge in [-0.05, 0) is 70.2 Å². The Balaban J connectivity index is 1.32. The summed E-state index contributed by atoms with van der Waals surface area (Å²) in [5, 5.41) is 14.4. The van der Waals surface area contributed by atoms with Gasteiger partial charge in [-0.3, -0.25) is 4.79 Å². The molecule has 10 heteroatoms. The van der Waals surface area contributed by atoms with E-state index in [2.05, 4.69) is 40.2 Å². The standard InChI is InChI=1S/C32H39N5O5/c1-32(2,3)42-31(40)34-23-18-36(13-12-26(23)38)30(39)21-14-22-28(27(16-21)41-5)35(4)29(33-22)25-15-20-8-6-7-9-24(20)37(25)17-19-10-11-19/h6-9,14-16,19,23,26,38H,10-13,17-18H2,1-5H3,(H,34,40). The van der Waals surface area contributed by atoms with Gasteiger partial charge in [-0.25, -0.2) is 9.78 Å². The monoisotopic (exact) mass is 573 g/mol. The van der Waals surface area contributed by atoms with Gasteiger partial charge in [0.15, 0.2) is 5.82 Å². The second-order valence-corrected chi connectivity index (χ2v) is 12.5. The Bertz CT molecular complexity index is 1660. The van der Waals surface area contributed by atoms with E-state index < -0.39 is 23.8 Å². The summed E-state index contributed by atoms with van der Waals surface area (Å²) in [6, 6.07) is 13.5. The molecule has 1 aliphatic carbocycles. The molecule has 1 saturated carbocycles. The third-order valence-electron chi connectivity index (χ3n) is 8.14. The zero-order valence-corrected chi connectivity index (χ0v) is 24.9. The van der Waals surface area contributed by atoms with Crippen molar-refractivity contribution in [3.8, 4) is 17.3 Å². The van der Waals surface area contributed by atoms with Gasteiger partial charge in [-0.15, -0.1) is 0 Å². The lowest BCUT2D eigenvalue weighted by atomic mass is 10.0. The molecule has 2 fully saturated rings. The highest BCUT2D eigenvalue weighted by atomic mass is 16.6. The number of nitrogens with zero attached hydrogens (tertiary/aromatic N) is 4. The molecule has 2 aromatic heterocycles. The largest absolute Gasteiger partial charge is 0.494 e. The number of piperidine rings is 1. The first-order valence-corrected chi connectivity index (χ1v) is 14.6. The Labute approximate surface area is 245 Å². The number of rotatable bonds is 6. The van der Waals surface area contributed by atoms with E-state index in [9.17, 15) is 14.7 Å². The second kappa shape index (κ2) is 10.7. The van der Waals surface area contributed by atoms with Crippen LogP contribution in [0.25, 0.3) is 33.5 Å². The van der Waals surface area contributed by atoms with Gasteiger partial charge in [0.25, 0.3) is 5.91 Å². The van der Waals surface area contributed by atoms with Crippen LogP contribution in [0.4, 0.5) is 4.79 Å². The number of ether oxygens (including phenoxy) is 2. The van der Waals surface area contributed by atoms with Crippen LogP contribution in [0.2, 0.25) is 0 Å². The maximum absolute atomic E-state index is 13.7. The summed E-state index contributed by atoms with van der Waals surface area (Å²) < 4.78 is 15.5. The molecule has 2 aromatic carbocycles. The normalized spacial score (nSPS) is 19.3. The first kappa shape index (κ1) is 28.1. The van der Waals surface area contributed by atoms with Crippen molar-refractivity contribution in [1.82, 2.24) is 24.3 Å². The Morgan fingerprint density at radius 2 is 1.88 bits per heavy atom. The molecule has 1 saturated heterocycles. The zero-order chi connectivity index (χ0) is 29.8. The topological polar surface area (TPSA) is 111 Å². The molecule has 2 amide bonds.